The molecule has 1 aliphatic rings. The largest absolute Gasteiger partial charge is 0.508 e. The number of halogens is 6. The quantitative estimate of drug-likeness (QED) is 0.345. The molecule has 0 spiro atoms. The summed E-state index contributed by atoms with van der Waals surface area (Å²) in [4.78, 5) is 13.5. The number of alkyl halides is 6. The molecular weight excluding hydrogens is 460 g/mol. The van der Waals surface area contributed by atoms with Crippen LogP contribution in [-0.4, -0.2) is 42.1 Å². The van der Waals surface area contributed by atoms with Crippen LogP contribution in [-0.2, 0) is 17.1 Å². The Morgan fingerprint density at radius 2 is 1.66 bits per heavy atom. The highest BCUT2D eigenvalue weighted by Gasteiger charge is 2.47. The molecule has 1 N–H and O–H groups in total. The lowest BCUT2D eigenvalue weighted by Gasteiger charge is -2.25. The molecule has 11 heteroatoms. The van der Waals surface area contributed by atoms with Crippen LogP contribution in [0.3, 0.4) is 0 Å². The van der Waals surface area contributed by atoms with E-state index in [4.69, 9.17) is 4.74 Å². The third kappa shape index (κ3) is 5.77. The van der Waals surface area contributed by atoms with E-state index in [1.54, 1.807) is 4.90 Å². The molecule has 1 heterocycles. The SMILES string of the molecule is O=C(C=CN1CCOCC1)c1ccc(Sc2cccc(O)c2)c(C(F)(F)F)c1C(F)(F)F. The van der Waals surface area contributed by atoms with Crippen molar-refractivity contribution in [3.8, 4) is 5.75 Å². The van der Waals surface area contributed by atoms with Crippen LogP contribution < -0.4 is 0 Å². The first kappa shape index (κ1) is 24.0. The molecule has 0 aromatic heterocycles. The summed E-state index contributed by atoms with van der Waals surface area (Å²) >= 11 is 0.411. The number of ketones is 1. The molecule has 0 bridgehead atoms. The number of phenols is 1. The van der Waals surface area contributed by atoms with Crippen molar-refractivity contribution in [2.75, 3.05) is 26.3 Å². The van der Waals surface area contributed by atoms with Gasteiger partial charge in [-0.1, -0.05) is 17.8 Å². The van der Waals surface area contributed by atoms with Crippen molar-refractivity contribution >= 4 is 17.5 Å². The number of morpholine rings is 1. The van der Waals surface area contributed by atoms with E-state index in [2.05, 4.69) is 0 Å². The van der Waals surface area contributed by atoms with Gasteiger partial charge in [0.25, 0.3) is 0 Å². The van der Waals surface area contributed by atoms with Gasteiger partial charge in [0.15, 0.2) is 5.78 Å². The predicted octanol–water partition coefficient (Wildman–Crippen LogP) is 5.61. The molecule has 0 unspecified atom stereocenters. The number of rotatable bonds is 5. The smallest absolute Gasteiger partial charge is 0.418 e. The molecule has 172 valence electrons. The summed E-state index contributed by atoms with van der Waals surface area (Å²) < 4.78 is 88.1. The highest BCUT2D eigenvalue weighted by molar-refractivity contribution is 7.99. The Labute approximate surface area is 183 Å². The molecule has 0 radical (unpaired) electrons. The number of aromatic hydroxyl groups is 1. The maximum Gasteiger partial charge on any atom is 0.418 e. The average Bonchev–Trinajstić information content (AvgIpc) is 2.71. The minimum absolute atomic E-state index is 0.106. The molecule has 32 heavy (non-hydrogen) atoms. The van der Waals surface area contributed by atoms with Crippen LogP contribution in [0.2, 0.25) is 0 Å². The summed E-state index contributed by atoms with van der Waals surface area (Å²) in [5.41, 5.74) is -5.06. The summed E-state index contributed by atoms with van der Waals surface area (Å²) in [5, 5.41) is 9.51. The van der Waals surface area contributed by atoms with Gasteiger partial charge in [0.2, 0.25) is 0 Å². The van der Waals surface area contributed by atoms with Crippen LogP contribution in [0, 0.1) is 0 Å². The highest BCUT2D eigenvalue weighted by atomic mass is 32.2. The predicted molar refractivity (Wildman–Crippen MR) is 105 cm³/mol. The number of ether oxygens (including phenoxy) is 1. The third-order valence-corrected chi connectivity index (χ3v) is 5.58. The molecule has 2 aromatic rings. The van der Waals surface area contributed by atoms with E-state index < -0.39 is 39.7 Å². The second-order valence-electron chi connectivity index (χ2n) is 6.78. The highest BCUT2D eigenvalue weighted by Crippen LogP contribution is 2.48. The third-order valence-electron chi connectivity index (χ3n) is 4.53. The lowest BCUT2D eigenvalue weighted by molar-refractivity contribution is -0.163. The van der Waals surface area contributed by atoms with E-state index in [-0.39, 0.29) is 10.6 Å². The lowest BCUT2D eigenvalue weighted by Crippen LogP contribution is -2.32. The van der Waals surface area contributed by atoms with Crippen LogP contribution in [0.25, 0.3) is 0 Å². The zero-order valence-corrected chi connectivity index (χ0v) is 17.2. The molecule has 2 aromatic carbocycles. The molecule has 0 amide bonds. The summed E-state index contributed by atoms with van der Waals surface area (Å²) in [7, 11) is 0. The fourth-order valence-electron chi connectivity index (χ4n) is 3.11. The molecule has 1 aliphatic heterocycles. The molecule has 1 fully saturated rings. The van der Waals surface area contributed by atoms with Crippen LogP contribution in [0.15, 0.2) is 58.5 Å². The van der Waals surface area contributed by atoms with Crippen molar-refractivity contribution in [1.29, 1.82) is 0 Å². The molecule has 0 aliphatic carbocycles. The Balaban J connectivity index is 2.08. The van der Waals surface area contributed by atoms with Gasteiger partial charge in [0.1, 0.15) is 5.75 Å². The standard InChI is InChI=1S/C21H17F6NO3S/c22-20(23,24)18-15(16(30)6-7-28-8-10-31-11-9-28)4-5-17(19(18)21(25,26)27)32-14-3-1-2-13(29)12-14/h1-7,12,29H,8-11H2. The van der Waals surface area contributed by atoms with Gasteiger partial charge in [-0.05, 0) is 30.3 Å². The molecule has 0 saturated carbocycles. The Morgan fingerprint density at radius 1 is 1.00 bits per heavy atom. The maximum absolute atomic E-state index is 13.8. The van der Waals surface area contributed by atoms with Crippen molar-refractivity contribution in [1.82, 2.24) is 4.90 Å². The van der Waals surface area contributed by atoms with Crippen molar-refractivity contribution < 1.29 is 41.0 Å². The van der Waals surface area contributed by atoms with E-state index in [1.165, 1.54) is 24.4 Å². The first-order valence-corrected chi connectivity index (χ1v) is 10.1. The zero-order chi connectivity index (χ0) is 23.5. The van der Waals surface area contributed by atoms with Crippen molar-refractivity contribution in [2.45, 2.75) is 22.1 Å². The first-order valence-electron chi connectivity index (χ1n) is 9.29. The minimum Gasteiger partial charge on any atom is -0.508 e. The summed E-state index contributed by atoms with van der Waals surface area (Å²) in [6.07, 6.45) is -8.72. The molecular formula is C21H17F6NO3S. The monoisotopic (exact) mass is 477 g/mol. The summed E-state index contributed by atoms with van der Waals surface area (Å²) in [5.74, 6) is -1.44. The maximum atomic E-state index is 13.8. The number of nitrogens with zero attached hydrogens (tertiary/aromatic N) is 1. The van der Waals surface area contributed by atoms with Gasteiger partial charge in [-0.2, -0.15) is 26.3 Å². The van der Waals surface area contributed by atoms with Crippen molar-refractivity contribution in [3.63, 3.8) is 0 Å². The van der Waals surface area contributed by atoms with Gasteiger partial charge in [0, 0.05) is 40.7 Å². The number of hydrogen-bond donors (Lipinski definition) is 1. The average molecular weight is 477 g/mol. The Morgan fingerprint density at radius 3 is 2.25 bits per heavy atom. The minimum atomic E-state index is -5.43. The van der Waals surface area contributed by atoms with Gasteiger partial charge in [-0.3, -0.25) is 4.79 Å². The molecule has 3 rings (SSSR count). The van der Waals surface area contributed by atoms with Crippen LogP contribution in [0.1, 0.15) is 21.5 Å². The zero-order valence-electron chi connectivity index (χ0n) is 16.3. The number of allylic oxidation sites excluding steroid dienone is 1. The number of hydrogen-bond acceptors (Lipinski definition) is 5. The normalized spacial score (nSPS) is 15.4. The van der Waals surface area contributed by atoms with Gasteiger partial charge in [-0.25, -0.2) is 0 Å². The van der Waals surface area contributed by atoms with Crippen LogP contribution in [0.4, 0.5) is 26.3 Å². The van der Waals surface area contributed by atoms with Gasteiger partial charge < -0.3 is 14.7 Å². The number of benzene rings is 2. The fourth-order valence-corrected chi connectivity index (χ4v) is 4.15. The fraction of sp³-hybridized carbons (Fsp3) is 0.286. The summed E-state index contributed by atoms with van der Waals surface area (Å²) in [6, 6.07) is 6.68. The summed E-state index contributed by atoms with van der Waals surface area (Å²) in [6.45, 7) is 1.55. The number of carbonyl (C=O) groups excluding carboxylic acids is 1. The van der Waals surface area contributed by atoms with E-state index in [9.17, 15) is 36.2 Å². The lowest BCUT2D eigenvalue weighted by atomic mass is 9.96. The Hall–Kier alpha value is -2.66. The molecule has 1 saturated heterocycles. The van der Waals surface area contributed by atoms with E-state index in [1.807, 2.05) is 0 Å². The van der Waals surface area contributed by atoms with Crippen LogP contribution >= 0.6 is 11.8 Å². The van der Waals surface area contributed by atoms with E-state index in [0.29, 0.717) is 38.1 Å². The van der Waals surface area contributed by atoms with Gasteiger partial charge in [0.05, 0.1) is 24.3 Å². The van der Waals surface area contributed by atoms with Gasteiger partial charge in [-0.15, -0.1) is 0 Å². The molecule has 4 nitrogen and oxygen atoms in total. The number of phenolic OH excluding ortho intramolecular Hbond substituents is 1. The first-order chi connectivity index (χ1) is 15.0. The van der Waals surface area contributed by atoms with Crippen molar-refractivity contribution in [3.05, 3.63) is 65.4 Å². The van der Waals surface area contributed by atoms with E-state index in [0.717, 1.165) is 24.3 Å². The second-order valence-corrected chi connectivity index (χ2v) is 7.90. The Kier molecular flexibility index (Phi) is 7.09. The topological polar surface area (TPSA) is 49.8 Å². The molecule has 0 atom stereocenters. The van der Waals surface area contributed by atoms with Crippen LogP contribution in [0.5, 0.6) is 5.75 Å². The van der Waals surface area contributed by atoms with Crippen molar-refractivity contribution in [2.24, 2.45) is 0 Å². The second kappa shape index (κ2) is 9.45. The number of carbonyl (C=O) groups is 1. The van der Waals surface area contributed by atoms with Gasteiger partial charge >= 0.3 is 12.4 Å². The van der Waals surface area contributed by atoms with E-state index >= 15 is 0 Å². The Bertz CT molecular complexity index is 1010.